The minimum absolute atomic E-state index is 0.144. The van der Waals surface area contributed by atoms with E-state index in [9.17, 15) is 9.50 Å². The van der Waals surface area contributed by atoms with E-state index in [1.54, 1.807) is 6.07 Å². The van der Waals surface area contributed by atoms with Crippen LogP contribution < -0.4 is 0 Å². The standard InChI is InChI=1S/C11H13FO/c12-10-7-3-6-9(11(10)13)8-4-1-2-5-8/h3,6-8,13H,1-2,4-5H2. The second kappa shape index (κ2) is 3.36. The van der Waals surface area contributed by atoms with Gasteiger partial charge in [-0.2, -0.15) is 0 Å². The molecule has 0 amide bonds. The Morgan fingerprint density at radius 2 is 1.92 bits per heavy atom. The maximum Gasteiger partial charge on any atom is 0.165 e. The Hall–Kier alpha value is -1.05. The highest BCUT2D eigenvalue weighted by Crippen LogP contribution is 2.38. The fraction of sp³-hybridized carbons (Fsp3) is 0.455. The van der Waals surface area contributed by atoms with Crippen molar-refractivity contribution in [1.82, 2.24) is 0 Å². The Morgan fingerprint density at radius 3 is 2.62 bits per heavy atom. The van der Waals surface area contributed by atoms with Crippen LogP contribution in [0.25, 0.3) is 0 Å². The fourth-order valence-corrected chi connectivity index (χ4v) is 2.10. The predicted molar refractivity (Wildman–Crippen MR) is 49.3 cm³/mol. The molecule has 0 aromatic heterocycles. The molecule has 1 aliphatic rings. The van der Waals surface area contributed by atoms with Crippen molar-refractivity contribution in [2.24, 2.45) is 0 Å². The van der Waals surface area contributed by atoms with Gasteiger partial charge in [0, 0.05) is 5.56 Å². The van der Waals surface area contributed by atoms with Crippen LogP contribution in [-0.2, 0) is 0 Å². The predicted octanol–water partition coefficient (Wildman–Crippen LogP) is 3.19. The summed E-state index contributed by atoms with van der Waals surface area (Å²) in [6, 6.07) is 4.80. The van der Waals surface area contributed by atoms with Crippen LogP contribution in [0.15, 0.2) is 18.2 Å². The minimum atomic E-state index is -0.496. The van der Waals surface area contributed by atoms with Crippen LogP contribution in [0.1, 0.15) is 37.2 Å². The topological polar surface area (TPSA) is 20.2 Å². The van der Waals surface area contributed by atoms with Crippen LogP contribution in [-0.4, -0.2) is 5.11 Å². The Kier molecular flexibility index (Phi) is 2.21. The van der Waals surface area contributed by atoms with E-state index in [0.29, 0.717) is 5.92 Å². The third-order valence-corrected chi connectivity index (χ3v) is 2.81. The molecule has 70 valence electrons. The van der Waals surface area contributed by atoms with Crippen LogP contribution in [0.3, 0.4) is 0 Å². The number of hydrogen-bond acceptors (Lipinski definition) is 1. The van der Waals surface area contributed by atoms with Crippen molar-refractivity contribution in [1.29, 1.82) is 0 Å². The second-order valence-electron chi connectivity index (χ2n) is 3.66. The fourth-order valence-electron chi connectivity index (χ4n) is 2.10. The van der Waals surface area contributed by atoms with Gasteiger partial charge in [-0.25, -0.2) is 4.39 Å². The molecular formula is C11H13FO. The molecule has 1 aromatic rings. The third kappa shape index (κ3) is 1.53. The Bertz CT molecular complexity index is 303. The largest absolute Gasteiger partial charge is 0.505 e. The van der Waals surface area contributed by atoms with E-state index in [-0.39, 0.29) is 5.75 Å². The lowest BCUT2D eigenvalue weighted by Crippen LogP contribution is -1.93. The SMILES string of the molecule is Oc1c(F)cccc1C1CCCC1. The quantitative estimate of drug-likeness (QED) is 0.703. The van der Waals surface area contributed by atoms with Crippen molar-refractivity contribution in [3.8, 4) is 5.75 Å². The van der Waals surface area contributed by atoms with Crippen molar-refractivity contribution in [2.45, 2.75) is 31.6 Å². The average Bonchev–Trinajstić information content (AvgIpc) is 2.62. The van der Waals surface area contributed by atoms with Gasteiger partial charge >= 0.3 is 0 Å². The van der Waals surface area contributed by atoms with Gasteiger partial charge in [-0.3, -0.25) is 0 Å². The normalized spacial score (nSPS) is 17.9. The van der Waals surface area contributed by atoms with E-state index < -0.39 is 5.82 Å². The lowest BCUT2D eigenvalue weighted by molar-refractivity contribution is 0.420. The van der Waals surface area contributed by atoms with Crippen molar-refractivity contribution in [3.63, 3.8) is 0 Å². The van der Waals surface area contributed by atoms with E-state index in [1.165, 1.54) is 18.9 Å². The van der Waals surface area contributed by atoms with E-state index in [1.807, 2.05) is 6.07 Å². The molecule has 1 fully saturated rings. The molecule has 0 heterocycles. The molecule has 0 spiro atoms. The van der Waals surface area contributed by atoms with Crippen LogP contribution >= 0.6 is 0 Å². The maximum absolute atomic E-state index is 13.0. The first-order valence-corrected chi connectivity index (χ1v) is 4.76. The summed E-state index contributed by atoms with van der Waals surface area (Å²) in [6.07, 6.45) is 4.55. The number of halogens is 1. The minimum Gasteiger partial charge on any atom is -0.505 e. The molecule has 0 atom stereocenters. The van der Waals surface area contributed by atoms with Crippen LogP contribution in [0.5, 0.6) is 5.75 Å². The molecule has 13 heavy (non-hydrogen) atoms. The van der Waals surface area contributed by atoms with E-state index in [0.717, 1.165) is 18.4 Å². The van der Waals surface area contributed by atoms with E-state index in [4.69, 9.17) is 0 Å². The van der Waals surface area contributed by atoms with Gasteiger partial charge < -0.3 is 5.11 Å². The van der Waals surface area contributed by atoms with Crippen molar-refractivity contribution >= 4 is 0 Å². The summed E-state index contributed by atoms with van der Waals surface area (Å²) in [5.41, 5.74) is 0.789. The molecular weight excluding hydrogens is 167 g/mol. The highest BCUT2D eigenvalue weighted by Gasteiger charge is 2.20. The molecule has 1 saturated carbocycles. The highest BCUT2D eigenvalue weighted by atomic mass is 19.1. The van der Waals surface area contributed by atoms with Crippen LogP contribution in [0.4, 0.5) is 4.39 Å². The van der Waals surface area contributed by atoms with Crippen molar-refractivity contribution < 1.29 is 9.50 Å². The number of rotatable bonds is 1. The molecule has 1 N–H and O–H groups in total. The summed E-state index contributed by atoms with van der Waals surface area (Å²) >= 11 is 0. The molecule has 2 heteroatoms. The van der Waals surface area contributed by atoms with Gasteiger partial charge in [0.2, 0.25) is 0 Å². The zero-order chi connectivity index (χ0) is 9.26. The van der Waals surface area contributed by atoms with Gasteiger partial charge in [-0.15, -0.1) is 0 Å². The van der Waals surface area contributed by atoms with Crippen LogP contribution in [0.2, 0.25) is 0 Å². The molecule has 0 unspecified atom stereocenters. The highest BCUT2D eigenvalue weighted by molar-refractivity contribution is 5.36. The van der Waals surface area contributed by atoms with Gasteiger partial charge in [-0.05, 0) is 24.8 Å². The molecule has 1 aliphatic carbocycles. The molecule has 0 aliphatic heterocycles. The van der Waals surface area contributed by atoms with Gasteiger partial charge in [0.05, 0.1) is 0 Å². The molecule has 2 rings (SSSR count). The summed E-state index contributed by atoms with van der Waals surface area (Å²) in [7, 11) is 0. The van der Waals surface area contributed by atoms with E-state index in [2.05, 4.69) is 0 Å². The Morgan fingerprint density at radius 1 is 1.23 bits per heavy atom. The smallest absolute Gasteiger partial charge is 0.165 e. The first-order chi connectivity index (χ1) is 6.29. The summed E-state index contributed by atoms with van der Waals surface area (Å²) in [5, 5.41) is 9.48. The lowest BCUT2D eigenvalue weighted by atomic mass is 9.97. The monoisotopic (exact) mass is 180 g/mol. The van der Waals surface area contributed by atoms with Gasteiger partial charge in [0.25, 0.3) is 0 Å². The van der Waals surface area contributed by atoms with Gasteiger partial charge in [-0.1, -0.05) is 25.0 Å². The first-order valence-electron chi connectivity index (χ1n) is 4.76. The zero-order valence-corrected chi connectivity index (χ0v) is 7.46. The van der Waals surface area contributed by atoms with Gasteiger partial charge in [0.15, 0.2) is 11.6 Å². The van der Waals surface area contributed by atoms with E-state index >= 15 is 0 Å². The number of para-hydroxylation sites is 1. The zero-order valence-electron chi connectivity index (χ0n) is 7.46. The third-order valence-electron chi connectivity index (χ3n) is 2.81. The van der Waals surface area contributed by atoms with Gasteiger partial charge in [0.1, 0.15) is 0 Å². The summed E-state index contributed by atoms with van der Waals surface area (Å²) < 4.78 is 13.0. The molecule has 1 nitrogen and oxygen atoms in total. The lowest BCUT2D eigenvalue weighted by Gasteiger charge is -2.11. The molecule has 0 saturated heterocycles. The summed E-state index contributed by atoms with van der Waals surface area (Å²) in [6.45, 7) is 0. The molecule has 0 radical (unpaired) electrons. The first kappa shape index (κ1) is 8.54. The maximum atomic E-state index is 13.0. The number of phenols is 1. The molecule has 1 aromatic carbocycles. The number of hydrogen-bond donors (Lipinski definition) is 1. The summed E-state index contributed by atoms with van der Waals surface area (Å²) in [5.74, 6) is -0.269. The number of aromatic hydroxyl groups is 1. The Labute approximate surface area is 77.2 Å². The average molecular weight is 180 g/mol. The number of phenolic OH excluding ortho intramolecular Hbond substituents is 1. The Balaban J connectivity index is 2.33. The second-order valence-corrected chi connectivity index (χ2v) is 3.66. The molecule has 0 bridgehead atoms. The van der Waals surface area contributed by atoms with Crippen LogP contribution in [0, 0.1) is 5.82 Å². The number of benzene rings is 1. The summed E-state index contributed by atoms with van der Waals surface area (Å²) in [4.78, 5) is 0. The van der Waals surface area contributed by atoms with Crippen molar-refractivity contribution in [2.75, 3.05) is 0 Å². The van der Waals surface area contributed by atoms with Crippen molar-refractivity contribution in [3.05, 3.63) is 29.6 Å².